The van der Waals surface area contributed by atoms with Crippen LogP contribution in [0, 0.1) is 10.1 Å². The summed E-state index contributed by atoms with van der Waals surface area (Å²) in [6, 6.07) is 2.59. The predicted molar refractivity (Wildman–Crippen MR) is 93.7 cm³/mol. The minimum absolute atomic E-state index is 0.0348. The van der Waals surface area contributed by atoms with Crippen molar-refractivity contribution in [3.63, 3.8) is 0 Å². The van der Waals surface area contributed by atoms with Crippen LogP contribution in [-0.4, -0.2) is 61.2 Å². The van der Waals surface area contributed by atoms with Crippen LogP contribution in [0.3, 0.4) is 0 Å². The van der Waals surface area contributed by atoms with Crippen molar-refractivity contribution in [1.29, 1.82) is 0 Å². The molecule has 1 saturated heterocycles. The number of anilines is 1. The number of hydrogen-bond acceptors (Lipinski definition) is 5. The third-order valence-electron chi connectivity index (χ3n) is 4.43. The summed E-state index contributed by atoms with van der Waals surface area (Å²) in [4.78, 5) is 11.3. The van der Waals surface area contributed by atoms with Crippen LogP contribution in [0.15, 0.2) is 18.2 Å². The van der Waals surface area contributed by atoms with Gasteiger partial charge in [0.05, 0.1) is 10.5 Å². The van der Waals surface area contributed by atoms with Gasteiger partial charge in [-0.1, -0.05) is 13.8 Å². The molecule has 8 nitrogen and oxygen atoms in total. The average molecular weight is 410 g/mol. The van der Waals surface area contributed by atoms with Crippen LogP contribution in [0.25, 0.3) is 0 Å². The number of halogens is 3. The highest BCUT2D eigenvalue weighted by molar-refractivity contribution is 7.86. The van der Waals surface area contributed by atoms with Crippen LogP contribution in [0.1, 0.15) is 19.4 Å². The number of nitro benzene ring substituents is 1. The van der Waals surface area contributed by atoms with Gasteiger partial charge >= 0.3 is 6.18 Å². The molecule has 1 fully saturated rings. The molecule has 0 saturated carbocycles. The van der Waals surface area contributed by atoms with Crippen molar-refractivity contribution in [3.8, 4) is 0 Å². The molecule has 1 aliphatic heterocycles. The lowest BCUT2D eigenvalue weighted by atomic mass is 10.1. The number of piperazine rings is 1. The SMILES string of the molecule is CCN(CC)S(=O)(=O)N1CCN(c2ccc([N+](=O)[O-])cc2C(F)(F)F)CC1. The Morgan fingerprint density at radius 1 is 1.15 bits per heavy atom. The van der Waals surface area contributed by atoms with E-state index in [0.717, 1.165) is 12.1 Å². The lowest BCUT2D eigenvalue weighted by Crippen LogP contribution is -2.53. The van der Waals surface area contributed by atoms with Gasteiger partial charge in [-0.15, -0.1) is 0 Å². The normalized spacial score (nSPS) is 16.7. The number of rotatable bonds is 6. The van der Waals surface area contributed by atoms with Crippen molar-refractivity contribution in [3.05, 3.63) is 33.9 Å². The van der Waals surface area contributed by atoms with Crippen LogP contribution in [0.2, 0.25) is 0 Å². The molecule has 0 amide bonds. The summed E-state index contributed by atoms with van der Waals surface area (Å²) in [6.45, 7) is 4.22. The lowest BCUT2D eigenvalue weighted by Gasteiger charge is -2.38. The fourth-order valence-electron chi connectivity index (χ4n) is 3.01. The molecule has 12 heteroatoms. The molecule has 0 aromatic heterocycles. The van der Waals surface area contributed by atoms with Crippen LogP contribution >= 0.6 is 0 Å². The van der Waals surface area contributed by atoms with E-state index >= 15 is 0 Å². The van der Waals surface area contributed by atoms with Gasteiger partial charge in [-0.05, 0) is 6.07 Å². The molecule has 0 bridgehead atoms. The van der Waals surface area contributed by atoms with Crippen LogP contribution in [-0.2, 0) is 16.4 Å². The Morgan fingerprint density at radius 3 is 2.15 bits per heavy atom. The zero-order valence-corrected chi connectivity index (χ0v) is 15.8. The number of nitro groups is 1. The summed E-state index contributed by atoms with van der Waals surface area (Å²) >= 11 is 0. The summed E-state index contributed by atoms with van der Waals surface area (Å²) in [6.07, 6.45) is -4.76. The Bertz CT molecular complexity index is 789. The smallest absolute Gasteiger partial charge is 0.368 e. The van der Waals surface area contributed by atoms with Gasteiger partial charge < -0.3 is 4.90 Å². The number of nitrogens with zero attached hydrogens (tertiary/aromatic N) is 4. The van der Waals surface area contributed by atoms with Gasteiger partial charge in [-0.3, -0.25) is 10.1 Å². The Hall–Kier alpha value is -1.92. The van der Waals surface area contributed by atoms with Gasteiger partial charge in [0.25, 0.3) is 15.9 Å². The van der Waals surface area contributed by atoms with E-state index in [1.165, 1.54) is 13.5 Å². The second-order valence-corrected chi connectivity index (χ2v) is 7.86. The molecular formula is C15H21F3N4O4S. The standard InChI is InChI=1S/C15H21F3N4O4S/c1-3-20(4-2)27(25,26)21-9-7-19(8-10-21)14-6-5-12(22(23)24)11-13(14)15(16,17)18/h5-6,11H,3-4,7-10H2,1-2H3. The summed E-state index contributed by atoms with van der Waals surface area (Å²) in [5.74, 6) is 0. The minimum atomic E-state index is -4.76. The molecule has 152 valence electrons. The summed E-state index contributed by atoms with van der Waals surface area (Å²) in [7, 11) is -3.66. The first kappa shape index (κ1) is 21.4. The third kappa shape index (κ3) is 4.50. The van der Waals surface area contributed by atoms with E-state index < -0.39 is 32.6 Å². The van der Waals surface area contributed by atoms with Crippen molar-refractivity contribution < 1.29 is 26.5 Å². The molecule has 27 heavy (non-hydrogen) atoms. The second kappa shape index (κ2) is 7.98. The van der Waals surface area contributed by atoms with Crippen molar-refractivity contribution in [2.45, 2.75) is 20.0 Å². The number of alkyl halides is 3. The van der Waals surface area contributed by atoms with E-state index in [2.05, 4.69) is 0 Å². The zero-order chi connectivity index (χ0) is 20.4. The molecule has 0 spiro atoms. The maximum absolute atomic E-state index is 13.3. The Balaban J connectivity index is 2.25. The minimum Gasteiger partial charge on any atom is -0.368 e. The molecule has 0 atom stereocenters. The fourth-order valence-corrected chi connectivity index (χ4v) is 4.62. The summed E-state index contributed by atoms with van der Waals surface area (Å²) < 4.78 is 67.6. The number of hydrogen-bond donors (Lipinski definition) is 0. The largest absolute Gasteiger partial charge is 0.418 e. The predicted octanol–water partition coefficient (Wildman–Crippen LogP) is 2.32. The van der Waals surface area contributed by atoms with Crippen molar-refractivity contribution in [1.82, 2.24) is 8.61 Å². The van der Waals surface area contributed by atoms with E-state index in [1.54, 1.807) is 13.8 Å². The molecule has 0 N–H and O–H groups in total. The third-order valence-corrected chi connectivity index (χ3v) is 6.62. The average Bonchev–Trinajstić information content (AvgIpc) is 2.61. The Labute approximate surface area is 155 Å². The highest BCUT2D eigenvalue weighted by Crippen LogP contribution is 2.39. The van der Waals surface area contributed by atoms with Gasteiger partial charge in [0.15, 0.2) is 0 Å². The summed E-state index contributed by atoms with van der Waals surface area (Å²) in [5, 5.41) is 10.8. The lowest BCUT2D eigenvalue weighted by molar-refractivity contribution is -0.385. The zero-order valence-electron chi connectivity index (χ0n) is 14.9. The van der Waals surface area contributed by atoms with Crippen LogP contribution in [0.4, 0.5) is 24.5 Å². The molecule has 1 aromatic carbocycles. The maximum atomic E-state index is 13.3. The number of non-ortho nitro benzene ring substituents is 1. The maximum Gasteiger partial charge on any atom is 0.418 e. The molecule has 1 heterocycles. The molecule has 0 unspecified atom stereocenters. The van der Waals surface area contributed by atoms with Crippen LogP contribution in [0.5, 0.6) is 0 Å². The van der Waals surface area contributed by atoms with Gasteiger partial charge in [0, 0.05) is 57.1 Å². The van der Waals surface area contributed by atoms with E-state index in [0.29, 0.717) is 19.2 Å². The van der Waals surface area contributed by atoms with Crippen molar-refractivity contribution >= 4 is 21.6 Å². The molecule has 0 aliphatic carbocycles. The molecular weight excluding hydrogens is 389 g/mol. The van der Waals surface area contributed by atoms with E-state index in [4.69, 9.17) is 0 Å². The Morgan fingerprint density at radius 2 is 1.70 bits per heavy atom. The topological polar surface area (TPSA) is 87.0 Å². The van der Waals surface area contributed by atoms with Gasteiger partial charge in [-0.2, -0.15) is 30.2 Å². The van der Waals surface area contributed by atoms with E-state index in [9.17, 15) is 31.7 Å². The van der Waals surface area contributed by atoms with Crippen molar-refractivity contribution in [2.75, 3.05) is 44.2 Å². The van der Waals surface area contributed by atoms with Gasteiger partial charge in [-0.25, -0.2) is 0 Å². The molecule has 0 radical (unpaired) electrons. The second-order valence-electron chi connectivity index (χ2n) is 5.93. The monoisotopic (exact) mass is 410 g/mol. The highest BCUT2D eigenvalue weighted by atomic mass is 32.2. The molecule has 2 rings (SSSR count). The highest BCUT2D eigenvalue weighted by Gasteiger charge is 2.38. The van der Waals surface area contributed by atoms with E-state index in [-0.39, 0.29) is 31.9 Å². The van der Waals surface area contributed by atoms with Crippen LogP contribution < -0.4 is 4.90 Å². The first-order valence-electron chi connectivity index (χ1n) is 8.38. The first-order valence-corrected chi connectivity index (χ1v) is 9.77. The van der Waals surface area contributed by atoms with E-state index in [1.807, 2.05) is 0 Å². The van der Waals surface area contributed by atoms with Crippen molar-refractivity contribution in [2.24, 2.45) is 0 Å². The fraction of sp³-hybridized carbons (Fsp3) is 0.600. The number of benzene rings is 1. The first-order chi connectivity index (χ1) is 12.5. The van der Waals surface area contributed by atoms with Gasteiger partial charge in [0.2, 0.25) is 0 Å². The molecule has 1 aliphatic rings. The molecule has 1 aromatic rings. The quantitative estimate of drug-likeness (QED) is 0.531. The summed E-state index contributed by atoms with van der Waals surface area (Å²) in [5.41, 5.74) is -1.93. The van der Waals surface area contributed by atoms with Gasteiger partial charge in [0.1, 0.15) is 0 Å². The Kier molecular flexibility index (Phi) is 6.32.